The summed E-state index contributed by atoms with van der Waals surface area (Å²) in [5.41, 5.74) is 0.334. The van der Waals surface area contributed by atoms with Crippen LogP contribution in [0, 0.1) is 11.8 Å². The van der Waals surface area contributed by atoms with Crippen molar-refractivity contribution in [1.82, 2.24) is 4.90 Å². The third kappa shape index (κ3) is 4.13. The Bertz CT molecular complexity index is 448. The Hall–Kier alpha value is -1.45. The summed E-state index contributed by atoms with van der Waals surface area (Å²) in [6.07, 6.45) is -2.55. The molecule has 17 heavy (non-hydrogen) atoms. The van der Waals surface area contributed by atoms with Crippen LogP contribution in [0.15, 0.2) is 11.4 Å². The van der Waals surface area contributed by atoms with Gasteiger partial charge in [-0.05, 0) is 6.07 Å². The molecule has 0 aliphatic carbocycles. The topological polar surface area (TPSA) is 40.5 Å². The largest absolute Gasteiger partial charge is 0.384 e. The standard InChI is InChI=1S/C11H11F2NO2S/c1-14(6-10(12)13)11(16)8-5-9(17-7-8)3-2-4-15/h5,7,10,15H,4,6H2,1H3. The van der Waals surface area contributed by atoms with Crippen molar-refractivity contribution in [3.63, 3.8) is 0 Å². The van der Waals surface area contributed by atoms with Gasteiger partial charge in [0, 0.05) is 12.4 Å². The zero-order valence-corrected chi connectivity index (χ0v) is 9.93. The van der Waals surface area contributed by atoms with Gasteiger partial charge in [-0.2, -0.15) is 0 Å². The number of aliphatic hydroxyl groups is 1. The van der Waals surface area contributed by atoms with E-state index in [-0.39, 0.29) is 6.61 Å². The monoisotopic (exact) mass is 259 g/mol. The summed E-state index contributed by atoms with van der Waals surface area (Å²) in [6.45, 7) is -0.848. The van der Waals surface area contributed by atoms with Gasteiger partial charge < -0.3 is 10.0 Å². The van der Waals surface area contributed by atoms with Crippen LogP contribution in [0.5, 0.6) is 0 Å². The Morgan fingerprint density at radius 2 is 2.35 bits per heavy atom. The Labute approximate surface area is 102 Å². The molecule has 0 atom stereocenters. The molecule has 0 aliphatic rings. The first kappa shape index (κ1) is 13.6. The molecule has 3 nitrogen and oxygen atoms in total. The highest BCUT2D eigenvalue weighted by Gasteiger charge is 2.16. The van der Waals surface area contributed by atoms with Crippen LogP contribution in [0.1, 0.15) is 15.2 Å². The predicted octanol–water partition coefficient (Wildman–Crippen LogP) is 1.43. The summed E-state index contributed by atoms with van der Waals surface area (Å²) in [7, 11) is 1.32. The second-order valence-corrected chi connectivity index (χ2v) is 4.15. The SMILES string of the molecule is CN(CC(F)F)C(=O)c1csc(C#CCO)c1. The minimum atomic E-state index is -2.55. The van der Waals surface area contributed by atoms with Gasteiger partial charge in [0.05, 0.1) is 17.0 Å². The first-order valence-corrected chi connectivity index (χ1v) is 5.64. The Balaban J connectivity index is 2.72. The van der Waals surface area contributed by atoms with Gasteiger partial charge in [0.15, 0.2) is 0 Å². The van der Waals surface area contributed by atoms with E-state index in [4.69, 9.17) is 5.11 Å². The number of rotatable bonds is 3. The molecular formula is C11H11F2NO2S. The molecule has 1 rings (SSSR count). The number of alkyl halides is 2. The van der Waals surface area contributed by atoms with Crippen molar-refractivity contribution in [3.05, 3.63) is 21.9 Å². The van der Waals surface area contributed by atoms with Crippen molar-refractivity contribution in [2.75, 3.05) is 20.2 Å². The average Bonchev–Trinajstić information content (AvgIpc) is 2.72. The number of aliphatic hydroxyl groups excluding tert-OH is 1. The van der Waals surface area contributed by atoms with Gasteiger partial charge in [-0.1, -0.05) is 11.8 Å². The van der Waals surface area contributed by atoms with E-state index >= 15 is 0 Å². The van der Waals surface area contributed by atoms with Crippen molar-refractivity contribution in [2.45, 2.75) is 6.43 Å². The van der Waals surface area contributed by atoms with Crippen LogP contribution in [0.25, 0.3) is 0 Å². The van der Waals surface area contributed by atoms with Gasteiger partial charge in [0.25, 0.3) is 12.3 Å². The molecule has 0 saturated heterocycles. The average molecular weight is 259 g/mol. The van der Waals surface area contributed by atoms with Crippen molar-refractivity contribution < 1.29 is 18.7 Å². The molecule has 1 amide bonds. The van der Waals surface area contributed by atoms with Crippen LogP contribution >= 0.6 is 11.3 Å². The van der Waals surface area contributed by atoms with Gasteiger partial charge in [-0.25, -0.2) is 8.78 Å². The minimum absolute atomic E-state index is 0.257. The predicted molar refractivity (Wildman–Crippen MR) is 61.2 cm³/mol. The fraction of sp³-hybridized carbons (Fsp3) is 0.364. The number of amides is 1. The number of carbonyl (C=O) groups excluding carboxylic acids is 1. The first-order valence-electron chi connectivity index (χ1n) is 4.76. The van der Waals surface area contributed by atoms with Crippen molar-refractivity contribution in [2.24, 2.45) is 0 Å². The van der Waals surface area contributed by atoms with Gasteiger partial charge in [-0.3, -0.25) is 4.79 Å². The lowest BCUT2D eigenvalue weighted by molar-refractivity contribution is 0.0621. The maximum Gasteiger partial charge on any atom is 0.255 e. The summed E-state index contributed by atoms with van der Waals surface area (Å²) in [5.74, 6) is 4.64. The van der Waals surface area contributed by atoms with Crippen LogP contribution in [-0.2, 0) is 0 Å². The van der Waals surface area contributed by atoms with E-state index in [0.29, 0.717) is 10.4 Å². The van der Waals surface area contributed by atoms with E-state index in [1.807, 2.05) is 0 Å². The van der Waals surface area contributed by atoms with Gasteiger partial charge in [0.1, 0.15) is 6.61 Å². The molecule has 1 aromatic heterocycles. The molecule has 0 bridgehead atoms. The summed E-state index contributed by atoms with van der Waals surface area (Å²) in [4.78, 5) is 13.3. The van der Waals surface area contributed by atoms with Crippen molar-refractivity contribution in [3.8, 4) is 11.8 Å². The maximum atomic E-state index is 12.1. The molecule has 1 heterocycles. The zero-order valence-electron chi connectivity index (χ0n) is 9.11. The van der Waals surface area contributed by atoms with E-state index in [2.05, 4.69) is 11.8 Å². The number of halogens is 2. The van der Waals surface area contributed by atoms with E-state index in [0.717, 1.165) is 4.90 Å². The lowest BCUT2D eigenvalue weighted by Crippen LogP contribution is -2.30. The third-order valence-corrected chi connectivity index (χ3v) is 2.74. The summed E-state index contributed by atoms with van der Waals surface area (Å²) in [5, 5.41) is 10.1. The number of nitrogens with zero attached hydrogens (tertiary/aromatic N) is 1. The molecule has 6 heteroatoms. The second-order valence-electron chi connectivity index (χ2n) is 3.24. The molecule has 0 fully saturated rings. The fourth-order valence-corrected chi connectivity index (χ4v) is 1.90. The Morgan fingerprint density at radius 3 is 2.94 bits per heavy atom. The van der Waals surface area contributed by atoms with E-state index in [1.54, 1.807) is 5.38 Å². The van der Waals surface area contributed by atoms with E-state index in [9.17, 15) is 13.6 Å². The maximum absolute atomic E-state index is 12.1. The van der Waals surface area contributed by atoms with Crippen LogP contribution in [0.2, 0.25) is 0 Å². The van der Waals surface area contributed by atoms with Gasteiger partial charge >= 0.3 is 0 Å². The third-order valence-electron chi connectivity index (χ3n) is 1.90. The lowest BCUT2D eigenvalue weighted by atomic mass is 10.2. The van der Waals surface area contributed by atoms with Crippen LogP contribution in [0.3, 0.4) is 0 Å². The zero-order chi connectivity index (χ0) is 12.8. The van der Waals surface area contributed by atoms with E-state index in [1.165, 1.54) is 24.5 Å². The lowest BCUT2D eigenvalue weighted by Gasteiger charge is -2.15. The van der Waals surface area contributed by atoms with Crippen molar-refractivity contribution in [1.29, 1.82) is 0 Å². The molecule has 0 aromatic carbocycles. The first-order chi connectivity index (χ1) is 8.04. The minimum Gasteiger partial charge on any atom is -0.384 e. The van der Waals surface area contributed by atoms with Gasteiger partial charge in [0.2, 0.25) is 0 Å². The van der Waals surface area contributed by atoms with Crippen LogP contribution in [-0.4, -0.2) is 42.5 Å². The normalized spacial score (nSPS) is 9.94. The molecule has 0 radical (unpaired) electrons. The molecule has 1 aromatic rings. The Kier molecular flexibility index (Phi) is 5.07. The molecule has 0 unspecified atom stereocenters. The summed E-state index contributed by atoms with van der Waals surface area (Å²) < 4.78 is 24.2. The number of thiophene rings is 1. The summed E-state index contributed by atoms with van der Waals surface area (Å²) >= 11 is 1.23. The quantitative estimate of drug-likeness (QED) is 0.834. The second kappa shape index (κ2) is 6.33. The molecule has 92 valence electrons. The highest BCUT2D eigenvalue weighted by molar-refractivity contribution is 7.10. The molecule has 0 spiro atoms. The van der Waals surface area contributed by atoms with Crippen molar-refractivity contribution >= 4 is 17.2 Å². The molecular weight excluding hydrogens is 248 g/mol. The fourth-order valence-electron chi connectivity index (χ4n) is 1.15. The molecule has 1 N–H and O–H groups in total. The molecule has 0 saturated carbocycles. The van der Waals surface area contributed by atoms with Crippen LogP contribution < -0.4 is 0 Å². The van der Waals surface area contributed by atoms with Gasteiger partial charge in [-0.15, -0.1) is 11.3 Å². The Morgan fingerprint density at radius 1 is 1.65 bits per heavy atom. The highest BCUT2D eigenvalue weighted by Crippen LogP contribution is 2.15. The number of hydrogen-bond acceptors (Lipinski definition) is 3. The number of carbonyl (C=O) groups is 1. The smallest absolute Gasteiger partial charge is 0.255 e. The highest BCUT2D eigenvalue weighted by atomic mass is 32.1. The van der Waals surface area contributed by atoms with E-state index < -0.39 is 18.9 Å². The molecule has 0 aliphatic heterocycles. The summed E-state index contributed by atoms with van der Waals surface area (Å²) in [6, 6.07) is 1.53. The number of hydrogen-bond donors (Lipinski definition) is 1. The van der Waals surface area contributed by atoms with Crippen LogP contribution in [0.4, 0.5) is 8.78 Å².